The SMILES string of the molecule is CN(C)C(=O)CN=C(NCCc1ccccc1)NCCc1cccc(F)c1. The van der Waals surface area contributed by atoms with E-state index in [1.54, 1.807) is 20.2 Å². The summed E-state index contributed by atoms with van der Waals surface area (Å²) in [6.07, 6.45) is 1.52. The lowest BCUT2D eigenvalue weighted by molar-refractivity contribution is -0.127. The minimum Gasteiger partial charge on any atom is -0.356 e. The van der Waals surface area contributed by atoms with Gasteiger partial charge in [0.15, 0.2) is 5.96 Å². The summed E-state index contributed by atoms with van der Waals surface area (Å²) >= 11 is 0. The maximum atomic E-state index is 13.3. The summed E-state index contributed by atoms with van der Waals surface area (Å²) in [5, 5.41) is 6.47. The number of rotatable bonds is 8. The van der Waals surface area contributed by atoms with Crippen molar-refractivity contribution >= 4 is 11.9 Å². The maximum absolute atomic E-state index is 13.3. The number of carbonyl (C=O) groups excluding carboxylic acids is 1. The minimum absolute atomic E-state index is 0.0655. The van der Waals surface area contributed by atoms with Gasteiger partial charge in [0.25, 0.3) is 0 Å². The highest BCUT2D eigenvalue weighted by Gasteiger charge is 2.05. The second kappa shape index (κ2) is 11.0. The Morgan fingerprint density at radius 3 is 2.22 bits per heavy atom. The van der Waals surface area contributed by atoms with Crippen LogP contribution in [-0.2, 0) is 17.6 Å². The van der Waals surface area contributed by atoms with E-state index in [9.17, 15) is 9.18 Å². The summed E-state index contributed by atoms with van der Waals surface area (Å²) in [6, 6.07) is 16.7. The molecule has 2 aromatic carbocycles. The fraction of sp³-hybridized carbons (Fsp3) is 0.333. The van der Waals surface area contributed by atoms with Crippen molar-refractivity contribution in [3.8, 4) is 0 Å². The molecule has 0 aromatic heterocycles. The Balaban J connectivity index is 1.87. The molecule has 0 bridgehead atoms. The first kappa shape index (κ1) is 20.4. The van der Waals surface area contributed by atoms with Crippen LogP contribution in [0.25, 0.3) is 0 Å². The monoisotopic (exact) mass is 370 g/mol. The van der Waals surface area contributed by atoms with Gasteiger partial charge in [-0.2, -0.15) is 0 Å². The molecule has 0 radical (unpaired) electrons. The molecule has 0 aliphatic carbocycles. The van der Waals surface area contributed by atoms with Crippen LogP contribution in [0.3, 0.4) is 0 Å². The molecule has 27 heavy (non-hydrogen) atoms. The van der Waals surface area contributed by atoms with Gasteiger partial charge in [0, 0.05) is 27.2 Å². The van der Waals surface area contributed by atoms with Crippen LogP contribution in [0.5, 0.6) is 0 Å². The summed E-state index contributed by atoms with van der Waals surface area (Å²) < 4.78 is 13.3. The van der Waals surface area contributed by atoms with E-state index in [0.29, 0.717) is 25.5 Å². The van der Waals surface area contributed by atoms with Crippen molar-refractivity contribution in [3.05, 3.63) is 71.5 Å². The molecule has 0 saturated heterocycles. The van der Waals surface area contributed by atoms with E-state index < -0.39 is 0 Å². The predicted molar refractivity (Wildman–Crippen MR) is 107 cm³/mol. The van der Waals surface area contributed by atoms with Crippen molar-refractivity contribution in [2.24, 2.45) is 4.99 Å². The summed E-state index contributed by atoms with van der Waals surface area (Å²) in [5.74, 6) is 0.279. The van der Waals surface area contributed by atoms with Crippen LogP contribution >= 0.6 is 0 Å². The van der Waals surface area contributed by atoms with E-state index in [-0.39, 0.29) is 18.3 Å². The number of carbonyl (C=O) groups is 1. The van der Waals surface area contributed by atoms with Gasteiger partial charge in [0.2, 0.25) is 5.91 Å². The van der Waals surface area contributed by atoms with Crippen LogP contribution in [0, 0.1) is 5.82 Å². The van der Waals surface area contributed by atoms with E-state index in [0.717, 1.165) is 12.0 Å². The van der Waals surface area contributed by atoms with Gasteiger partial charge >= 0.3 is 0 Å². The number of benzene rings is 2. The molecule has 2 rings (SSSR count). The molecule has 5 nitrogen and oxygen atoms in total. The van der Waals surface area contributed by atoms with Crippen LogP contribution in [0.2, 0.25) is 0 Å². The molecule has 0 fully saturated rings. The molecule has 1 amide bonds. The molecule has 0 aliphatic heterocycles. The molecule has 0 aliphatic rings. The molecule has 0 heterocycles. The summed E-state index contributed by atoms with van der Waals surface area (Å²) in [5.41, 5.74) is 2.14. The normalized spacial score (nSPS) is 11.1. The Labute approximate surface area is 160 Å². The second-order valence-electron chi connectivity index (χ2n) is 6.42. The largest absolute Gasteiger partial charge is 0.356 e. The second-order valence-corrected chi connectivity index (χ2v) is 6.42. The minimum atomic E-state index is -0.237. The number of nitrogens with zero attached hydrogens (tertiary/aromatic N) is 2. The zero-order valence-electron chi connectivity index (χ0n) is 15.9. The van der Waals surface area contributed by atoms with Crippen LogP contribution in [0.15, 0.2) is 59.6 Å². The fourth-order valence-corrected chi connectivity index (χ4v) is 2.45. The molecule has 144 valence electrons. The van der Waals surface area contributed by atoms with Crippen molar-refractivity contribution in [1.29, 1.82) is 0 Å². The Bertz CT molecular complexity index is 747. The first-order chi connectivity index (χ1) is 13.0. The van der Waals surface area contributed by atoms with E-state index in [4.69, 9.17) is 0 Å². The summed E-state index contributed by atoms with van der Waals surface area (Å²) in [6.45, 7) is 1.37. The average Bonchev–Trinajstić information content (AvgIpc) is 2.66. The lowest BCUT2D eigenvalue weighted by atomic mass is 10.1. The Morgan fingerprint density at radius 1 is 0.963 bits per heavy atom. The number of hydrogen-bond acceptors (Lipinski definition) is 2. The molecule has 2 N–H and O–H groups in total. The van der Waals surface area contributed by atoms with E-state index in [1.165, 1.54) is 22.6 Å². The number of hydrogen-bond donors (Lipinski definition) is 2. The highest BCUT2D eigenvalue weighted by atomic mass is 19.1. The lowest BCUT2D eigenvalue weighted by Gasteiger charge is -2.14. The fourth-order valence-electron chi connectivity index (χ4n) is 2.45. The van der Waals surface area contributed by atoms with Crippen molar-refractivity contribution < 1.29 is 9.18 Å². The Kier molecular flexibility index (Phi) is 8.29. The molecule has 2 aromatic rings. The van der Waals surface area contributed by atoms with Gasteiger partial charge in [-0.1, -0.05) is 42.5 Å². The van der Waals surface area contributed by atoms with E-state index in [2.05, 4.69) is 27.8 Å². The van der Waals surface area contributed by atoms with E-state index in [1.807, 2.05) is 24.3 Å². The molecule has 0 unspecified atom stereocenters. The Morgan fingerprint density at radius 2 is 1.59 bits per heavy atom. The zero-order valence-corrected chi connectivity index (χ0v) is 15.9. The third kappa shape index (κ3) is 7.90. The van der Waals surface area contributed by atoms with Gasteiger partial charge in [-0.25, -0.2) is 9.38 Å². The third-order valence-corrected chi connectivity index (χ3v) is 4.02. The highest BCUT2D eigenvalue weighted by molar-refractivity contribution is 5.84. The van der Waals surface area contributed by atoms with Gasteiger partial charge < -0.3 is 15.5 Å². The quantitative estimate of drug-likeness (QED) is 0.553. The van der Waals surface area contributed by atoms with E-state index >= 15 is 0 Å². The smallest absolute Gasteiger partial charge is 0.243 e. The molecule has 0 saturated carbocycles. The molecular formula is C21H27FN4O. The van der Waals surface area contributed by atoms with Crippen LogP contribution < -0.4 is 10.6 Å². The first-order valence-electron chi connectivity index (χ1n) is 9.05. The standard InChI is InChI=1S/C21H27FN4O/c1-26(2)20(27)16-25-21(23-13-11-17-7-4-3-5-8-17)24-14-12-18-9-6-10-19(22)15-18/h3-10,15H,11-14,16H2,1-2H3,(H2,23,24,25). The number of likely N-dealkylation sites (N-methyl/N-ethyl adjacent to an activating group) is 1. The molecule has 0 spiro atoms. The van der Waals surface area contributed by atoms with Crippen molar-refractivity contribution in [3.63, 3.8) is 0 Å². The zero-order chi connectivity index (χ0) is 19.5. The highest BCUT2D eigenvalue weighted by Crippen LogP contribution is 2.03. The van der Waals surface area contributed by atoms with Crippen molar-refractivity contribution in [1.82, 2.24) is 15.5 Å². The maximum Gasteiger partial charge on any atom is 0.243 e. The third-order valence-electron chi connectivity index (χ3n) is 4.02. The molecule has 6 heteroatoms. The van der Waals surface area contributed by atoms with Gasteiger partial charge in [0.1, 0.15) is 12.4 Å². The van der Waals surface area contributed by atoms with Gasteiger partial charge in [0.05, 0.1) is 0 Å². The van der Waals surface area contributed by atoms with Crippen LogP contribution in [-0.4, -0.2) is 50.5 Å². The number of amides is 1. The number of aliphatic imine (C=N–C) groups is 1. The van der Waals surface area contributed by atoms with Crippen molar-refractivity contribution in [2.45, 2.75) is 12.8 Å². The Hall–Kier alpha value is -2.89. The summed E-state index contributed by atoms with van der Waals surface area (Å²) in [7, 11) is 3.41. The predicted octanol–water partition coefficient (Wildman–Crippen LogP) is 2.23. The summed E-state index contributed by atoms with van der Waals surface area (Å²) in [4.78, 5) is 17.7. The molecule has 0 atom stereocenters. The van der Waals surface area contributed by atoms with Gasteiger partial charge in [-0.05, 0) is 36.1 Å². The van der Waals surface area contributed by atoms with Crippen molar-refractivity contribution in [2.75, 3.05) is 33.7 Å². The van der Waals surface area contributed by atoms with Crippen LogP contribution in [0.1, 0.15) is 11.1 Å². The lowest BCUT2D eigenvalue weighted by Crippen LogP contribution is -2.40. The van der Waals surface area contributed by atoms with Gasteiger partial charge in [-0.15, -0.1) is 0 Å². The topological polar surface area (TPSA) is 56.7 Å². The number of nitrogens with one attached hydrogen (secondary N) is 2. The van der Waals surface area contributed by atoms with Crippen LogP contribution in [0.4, 0.5) is 4.39 Å². The average molecular weight is 370 g/mol. The molecular weight excluding hydrogens is 343 g/mol. The van der Waals surface area contributed by atoms with Gasteiger partial charge in [-0.3, -0.25) is 4.79 Å². The number of guanidine groups is 1. The number of halogens is 1. The first-order valence-corrected chi connectivity index (χ1v) is 9.05.